The number of amides is 3. The Morgan fingerprint density at radius 2 is 1.53 bits per heavy atom. The Bertz CT molecular complexity index is 1390. The van der Waals surface area contributed by atoms with Gasteiger partial charge in [0.1, 0.15) is 17.8 Å². The lowest BCUT2D eigenvalue weighted by molar-refractivity contribution is -0.215. The maximum atomic E-state index is 13.7. The van der Waals surface area contributed by atoms with E-state index < -0.39 is 54.0 Å². The Labute approximate surface area is 252 Å². The van der Waals surface area contributed by atoms with E-state index in [-0.39, 0.29) is 17.5 Å². The molecule has 3 aromatic rings. The van der Waals surface area contributed by atoms with Crippen molar-refractivity contribution in [2.75, 3.05) is 7.11 Å². The summed E-state index contributed by atoms with van der Waals surface area (Å²) in [6, 6.07) is 16.4. The van der Waals surface area contributed by atoms with Gasteiger partial charge < -0.3 is 25.8 Å². The molecule has 12 heteroatoms. The van der Waals surface area contributed by atoms with Crippen molar-refractivity contribution < 1.29 is 37.4 Å². The van der Waals surface area contributed by atoms with Crippen molar-refractivity contribution in [2.45, 2.75) is 50.7 Å². The van der Waals surface area contributed by atoms with Crippen LogP contribution >= 0.6 is 11.6 Å². The number of hydrogen-bond acceptors (Lipinski definition) is 5. The van der Waals surface area contributed by atoms with E-state index in [0.29, 0.717) is 16.3 Å². The fourth-order valence-corrected chi connectivity index (χ4v) is 4.55. The Kier molecular flexibility index (Phi) is 11.6. The summed E-state index contributed by atoms with van der Waals surface area (Å²) in [5, 5.41) is 17.9. The minimum Gasteiger partial charge on any atom is -0.497 e. The summed E-state index contributed by atoms with van der Waals surface area (Å²) in [6.07, 6.45) is -7.85. The highest BCUT2D eigenvalue weighted by Crippen LogP contribution is 2.27. The minimum atomic E-state index is -5.00. The molecule has 0 heterocycles. The standard InChI is InChI=1S/C31H33ClF3N3O5/c1-18(2)25(27(39)31(33,34)35)37-30(42)26(20-12-14-23(43-3)15-13-20)38-29(41)24(17-19-8-7-11-22(32)16-19)36-28(40)21-9-5-4-6-10-21/h4-16,18,24-27,39H,17H2,1-3H3,(H,36,40)(H,37,42)(H,38,41)/t24-,25-,26-,27-/m0/s1. The number of aliphatic hydroxyl groups excluding tert-OH is 1. The van der Waals surface area contributed by atoms with Crippen LogP contribution in [0.1, 0.15) is 41.4 Å². The fourth-order valence-electron chi connectivity index (χ4n) is 4.34. The first kappa shape index (κ1) is 33.4. The Hall–Kier alpha value is -4.09. The zero-order chi connectivity index (χ0) is 31.7. The third kappa shape index (κ3) is 9.45. The molecule has 3 rings (SSSR count). The number of rotatable bonds is 12. The zero-order valence-corrected chi connectivity index (χ0v) is 24.4. The number of alkyl halides is 3. The smallest absolute Gasteiger partial charge is 0.416 e. The number of ether oxygens (including phenoxy) is 1. The van der Waals surface area contributed by atoms with Crippen molar-refractivity contribution in [1.82, 2.24) is 16.0 Å². The predicted molar refractivity (Wildman–Crippen MR) is 156 cm³/mol. The van der Waals surface area contributed by atoms with Gasteiger partial charge in [-0.3, -0.25) is 14.4 Å². The highest BCUT2D eigenvalue weighted by Gasteiger charge is 2.46. The number of aliphatic hydroxyl groups is 1. The van der Waals surface area contributed by atoms with Crippen LogP contribution in [0, 0.1) is 5.92 Å². The molecule has 8 nitrogen and oxygen atoms in total. The van der Waals surface area contributed by atoms with Gasteiger partial charge in [-0.1, -0.05) is 67.9 Å². The lowest BCUT2D eigenvalue weighted by atomic mass is 9.96. The van der Waals surface area contributed by atoms with E-state index in [2.05, 4.69) is 16.0 Å². The van der Waals surface area contributed by atoms with Gasteiger partial charge in [0.2, 0.25) is 11.8 Å². The molecule has 4 N–H and O–H groups in total. The predicted octanol–water partition coefficient (Wildman–Crippen LogP) is 4.61. The maximum absolute atomic E-state index is 13.7. The van der Waals surface area contributed by atoms with Crippen LogP contribution in [0.25, 0.3) is 0 Å². The van der Waals surface area contributed by atoms with Crippen LogP contribution in [0.4, 0.5) is 13.2 Å². The van der Waals surface area contributed by atoms with Crippen LogP contribution in [-0.4, -0.2) is 54.3 Å². The first-order chi connectivity index (χ1) is 20.3. The van der Waals surface area contributed by atoms with E-state index in [4.69, 9.17) is 16.3 Å². The molecule has 4 atom stereocenters. The second-order valence-electron chi connectivity index (χ2n) is 10.2. The summed E-state index contributed by atoms with van der Waals surface area (Å²) < 4.78 is 45.3. The van der Waals surface area contributed by atoms with Gasteiger partial charge in [-0.2, -0.15) is 13.2 Å². The highest BCUT2D eigenvalue weighted by molar-refractivity contribution is 6.30. The molecular weight excluding hydrogens is 587 g/mol. The van der Waals surface area contributed by atoms with E-state index >= 15 is 0 Å². The van der Waals surface area contributed by atoms with Crippen molar-refractivity contribution in [3.63, 3.8) is 0 Å². The summed E-state index contributed by atoms with van der Waals surface area (Å²) in [5.74, 6) is -2.69. The molecule has 0 spiro atoms. The second-order valence-corrected chi connectivity index (χ2v) is 10.6. The van der Waals surface area contributed by atoms with Crippen LogP contribution in [-0.2, 0) is 16.0 Å². The summed E-state index contributed by atoms with van der Waals surface area (Å²) in [4.78, 5) is 40.3. The number of carbonyl (C=O) groups is 3. The average molecular weight is 620 g/mol. The molecule has 0 aliphatic heterocycles. The number of benzene rings is 3. The molecule has 0 fully saturated rings. The molecular formula is C31H33ClF3N3O5. The largest absolute Gasteiger partial charge is 0.497 e. The quantitative estimate of drug-likeness (QED) is 0.236. The molecule has 0 saturated carbocycles. The third-order valence-corrected chi connectivity index (χ3v) is 6.92. The molecule has 230 valence electrons. The lowest BCUT2D eigenvalue weighted by Crippen LogP contribution is -2.56. The lowest BCUT2D eigenvalue weighted by Gasteiger charge is -2.31. The summed E-state index contributed by atoms with van der Waals surface area (Å²) in [7, 11) is 1.43. The molecule has 0 aliphatic rings. The van der Waals surface area contributed by atoms with Gasteiger partial charge in [-0.05, 0) is 53.4 Å². The van der Waals surface area contributed by atoms with Crippen LogP contribution in [0.3, 0.4) is 0 Å². The van der Waals surface area contributed by atoms with Crippen LogP contribution in [0.2, 0.25) is 5.02 Å². The van der Waals surface area contributed by atoms with Crippen molar-refractivity contribution in [3.8, 4) is 5.75 Å². The molecule has 0 aliphatic carbocycles. The van der Waals surface area contributed by atoms with Crippen molar-refractivity contribution in [3.05, 3.63) is 101 Å². The van der Waals surface area contributed by atoms with Gasteiger partial charge >= 0.3 is 6.18 Å². The molecule has 0 unspecified atom stereocenters. The van der Waals surface area contributed by atoms with Crippen molar-refractivity contribution in [1.29, 1.82) is 0 Å². The van der Waals surface area contributed by atoms with E-state index in [9.17, 15) is 32.7 Å². The van der Waals surface area contributed by atoms with E-state index in [1.807, 2.05) is 0 Å². The summed E-state index contributed by atoms with van der Waals surface area (Å²) >= 11 is 6.12. The Balaban J connectivity index is 1.95. The van der Waals surface area contributed by atoms with E-state index in [1.54, 1.807) is 54.6 Å². The highest BCUT2D eigenvalue weighted by atomic mass is 35.5. The maximum Gasteiger partial charge on any atom is 0.416 e. The van der Waals surface area contributed by atoms with Gasteiger partial charge in [-0.25, -0.2) is 0 Å². The molecule has 3 amide bonds. The first-order valence-corrected chi connectivity index (χ1v) is 13.8. The SMILES string of the molecule is COc1ccc([C@H](NC(=O)[C@H](Cc2cccc(Cl)c2)NC(=O)c2ccccc2)C(=O)N[C@@H](C(C)C)[C@H](O)C(F)(F)F)cc1. The van der Waals surface area contributed by atoms with Crippen molar-refractivity contribution in [2.24, 2.45) is 5.92 Å². The monoisotopic (exact) mass is 619 g/mol. The second kappa shape index (κ2) is 14.9. The summed E-state index contributed by atoms with van der Waals surface area (Å²) in [5.41, 5.74) is 1.13. The van der Waals surface area contributed by atoms with Crippen LogP contribution in [0.15, 0.2) is 78.9 Å². The summed E-state index contributed by atoms with van der Waals surface area (Å²) in [6.45, 7) is 2.84. The Morgan fingerprint density at radius 1 is 0.884 bits per heavy atom. The van der Waals surface area contributed by atoms with Gasteiger partial charge in [0, 0.05) is 17.0 Å². The first-order valence-electron chi connectivity index (χ1n) is 13.4. The third-order valence-electron chi connectivity index (χ3n) is 6.69. The number of carbonyl (C=O) groups excluding carboxylic acids is 3. The molecule has 43 heavy (non-hydrogen) atoms. The van der Waals surface area contributed by atoms with Crippen LogP contribution < -0.4 is 20.7 Å². The number of methoxy groups -OCH3 is 1. The zero-order valence-electron chi connectivity index (χ0n) is 23.7. The number of halogens is 4. The van der Waals surface area contributed by atoms with Gasteiger partial charge in [0.05, 0.1) is 13.2 Å². The fraction of sp³-hybridized carbons (Fsp3) is 0.323. The Morgan fingerprint density at radius 3 is 2.09 bits per heavy atom. The van der Waals surface area contributed by atoms with Crippen molar-refractivity contribution >= 4 is 29.3 Å². The van der Waals surface area contributed by atoms with Gasteiger partial charge in [0.25, 0.3) is 5.91 Å². The van der Waals surface area contributed by atoms with Gasteiger partial charge in [0.15, 0.2) is 6.10 Å². The van der Waals surface area contributed by atoms with Crippen LogP contribution in [0.5, 0.6) is 5.75 Å². The number of nitrogens with one attached hydrogen (secondary N) is 3. The van der Waals surface area contributed by atoms with E-state index in [1.165, 1.54) is 45.2 Å². The van der Waals surface area contributed by atoms with Gasteiger partial charge in [-0.15, -0.1) is 0 Å². The molecule has 0 saturated heterocycles. The number of hydrogen-bond donors (Lipinski definition) is 4. The molecule has 0 aromatic heterocycles. The topological polar surface area (TPSA) is 117 Å². The minimum absolute atomic E-state index is 0.0106. The molecule has 0 bridgehead atoms. The normalized spacial score (nSPS) is 14.3. The molecule has 0 radical (unpaired) electrons. The van der Waals surface area contributed by atoms with E-state index in [0.717, 1.165) is 0 Å². The molecule has 3 aromatic carbocycles. The average Bonchev–Trinajstić information content (AvgIpc) is 2.97.